The summed E-state index contributed by atoms with van der Waals surface area (Å²) < 4.78 is 11.4. The third-order valence-corrected chi connectivity index (χ3v) is 3.72. The van der Waals surface area contributed by atoms with Crippen LogP contribution in [0.5, 0.6) is 0 Å². The molecule has 3 nitrogen and oxygen atoms in total. The standard InChI is InChI=1S/C13H25NO2/c1-10(12-5-4-7-15-12)14-11-6-8-16-13(2,3)9-11/h10-12,14H,4-9H2,1-3H3. The van der Waals surface area contributed by atoms with Gasteiger partial charge in [-0.05, 0) is 46.5 Å². The lowest BCUT2D eigenvalue weighted by molar-refractivity contribution is -0.0662. The van der Waals surface area contributed by atoms with Gasteiger partial charge in [-0.15, -0.1) is 0 Å². The van der Waals surface area contributed by atoms with Gasteiger partial charge in [-0.25, -0.2) is 0 Å². The molecule has 0 saturated carbocycles. The Morgan fingerprint density at radius 1 is 1.25 bits per heavy atom. The Bertz CT molecular complexity index is 224. The Morgan fingerprint density at radius 2 is 2.06 bits per heavy atom. The molecule has 0 radical (unpaired) electrons. The van der Waals surface area contributed by atoms with Crippen LogP contribution in [0.1, 0.15) is 46.5 Å². The Labute approximate surface area is 98.9 Å². The Hall–Kier alpha value is -0.120. The molecule has 0 bridgehead atoms. The van der Waals surface area contributed by atoms with Crippen molar-refractivity contribution in [3.8, 4) is 0 Å². The van der Waals surface area contributed by atoms with E-state index in [9.17, 15) is 0 Å². The van der Waals surface area contributed by atoms with Crippen molar-refractivity contribution in [2.24, 2.45) is 0 Å². The minimum absolute atomic E-state index is 0.0339. The largest absolute Gasteiger partial charge is 0.377 e. The Balaban J connectivity index is 1.79. The van der Waals surface area contributed by atoms with Gasteiger partial charge in [0.05, 0.1) is 11.7 Å². The zero-order chi connectivity index (χ0) is 11.6. The fourth-order valence-corrected chi connectivity index (χ4v) is 2.85. The third-order valence-electron chi connectivity index (χ3n) is 3.72. The summed E-state index contributed by atoms with van der Waals surface area (Å²) >= 11 is 0. The van der Waals surface area contributed by atoms with Crippen LogP contribution in [0.4, 0.5) is 0 Å². The van der Waals surface area contributed by atoms with Gasteiger partial charge in [0.25, 0.3) is 0 Å². The van der Waals surface area contributed by atoms with Crippen molar-refractivity contribution in [3.05, 3.63) is 0 Å². The molecule has 3 atom stereocenters. The number of hydrogen-bond acceptors (Lipinski definition) is 3. The second-order valence-corrected chi connectivity index (χ2v) is 5.80. The van der Waals surface area contributed by atoms with E-state index in [1.165, 1.54) is 12.8 Å². The predicted molar refractivity (Wildman–Crippen MR) is 64.6 cm³/mol. The van der Waals surface area contributed by atoms with Crippen molar-refractivity contribution >= 4 is 0 Å². The fourth-order valence-electron chi connectivity index (χ4n) is 2.85. The van der Waals surface area contributed by atoms with Gasteiger partial charge >= 0.3 is 0 Å². The van der Waals surface area contributed by atoms with Crippen molar-refractivity contribution in [2.45, 2.75) is 70.2 Å². The number of nitrogens with one attached hydrogen (secondary N) is 1. The maximum Gasteiger partial charge on any atom is 0.0726 e. The summed E-state index contributed by atoms with van der Waals surface area (Å²) in [6.07, 6.45) is 5.08. The van der Waals surface area contributed by atoms with Gasteiger partial charge in [0.2, 0.25) is 0 Å². The maximum absolute atomic E-state index is 5.73. The molecule has 2 aliphatic heterocycles. The lowest BCUT2D eigenvalue weighted by Crippen LogP contribution is -2.49. The maximum atomic E-state index is 5.73. The Kier molecular flexibility index (Phi) is 3.88. The van der Waals surface area contributed by atoms with E-state index in [1.54, 1.807) is 0 Å². The summed E-state index contributed by atoms with van der Waals surface area (Å²) in [5.41, 5.74) is 0.0339. The van der Waals surface area contributed by atoms with Crippen LogP contribution < -0.4 is 5.32 Å². The van der Waals surface area contributed by atoms with Gasteiger partial charge in [-0.2, -0.15) is 0 Å². The summed E-state index contributed by atoms with van der Waals surface area (Å²) in [6.45, 7) is 8.42. The minimum Gasteiger partial charge on any atom is -0.377 e. The molecule has 1 N–H and O–H groups in total. The molecule has 0 amide bonds. The second-order valence-electron chi connectivity index (χ2n) is 5.80. The number of rotatable bonds is 3. The molecule has 2 fully saturated rings. The van der Waals surface area contributed by atoms with Crippen LogP contribution in [-0.2, 0) is 9.47 Å². The van der Waals surface area contributed by atoms with Gasteiger partial charge in [0.1, 0.15) is 0 Å². The van der Waals surface area contributed by atoms with Gasteiger partial charge in [0.15, 0.2) is 0 Å². The SMILES string of the molecule is CC(NC1CCOC(C)(C)C1)C1CCCO1. The molecule has 94 valence electrons. The third kappa shape index (κ3) is 3.19. The second kappa shape index (κ2) is 5.03. The Morgan fingerprint density at radius 3 is 2.69 bits per heavy atom. The van der Waals surface area contributed by atoms with E-state index in [-0.39, 0.29) is 5.60 Å². The van der Waals surface area contributed by atoms with Crippen LogP contribution in [0.25, 0.3) is 0 Å². The molecule has 3 unspecified atom stereocenters. The average Bonchev–Trinajstić information content (AvgIpc) is 2.68. The van der Waals surface area contributed by atoms with Crippen LogP contribution >= 0.6 is 0 Å². The van der Waals surface area contributed by atoms with Crippen molar-refractivity contribution in [1.29, 1.82) is 0 Å². The topological polar surface area (TPSA) is 30.5 Å². The van der Waals surface area contributed by atoms with Crippen LogP contribution in [-0.4, -0.2) is 37.0 Å². The van der Waals surface area contributed by atoms with Gasteiger partial charge < -0.3 is 14.8 Å². The number of ether oxygens (including phenoxy) is 2. The van der Waals surface area contributed by atoms with Gasteiger partial charge in [-0.3, -0.25) is 0 Å². The first-order valence-electron chi connectivity index (χ1n) is 6.58. The van der Waals surface area contributed by atoms with Gasteiger partial charge in [0, 0.05) is 25.3 Å². The van der Waals surface area contributed by atoms with Crippen molar-refractivity contribution < 1.29 is 9.47 Å². The molecule has 2 aliphatic rings. The van der Waals surface area contributed by atoms with Crippen LogP contribution in [0, 0.1) is 0 Å². The van der Waals surface area contributed by atoms with E-state index in [0.29, 0.717) is 18.2 Å². The molecular weight excluding hydrogens is 202 g/mol. The van der Waals surface area contributed by atoms with Crippen molar-refractivity contribution in [1.82, 2.24) is 5.32 Å². The lowest BCUT2D eigenvalue weighted by atomic mass is 9.93. The normalized spacial score (nSPS) is 36.2. The molecule has 0 spiro atoms. The summed E-state index contributed by atoms with van der Waals surface area (Å²) in [7, 11) is 0. The molecule has 2 saturated heterocycles. The fraction of sp³-hybridized carbons (Fsp3) is 1.00. The highest BCUT2D eigenvalue weighted by Crippen LogP contribution is 2.25. The molecule has 0 aliphatic carbocycles. The van der Waals surface area contributed by atoms with E-state index in [2.05, 4.69) is 26.1 Å². The molecule has 0 aromatic heterocycles. The van der Waals surface area contributed by atoms with Crippen LogP contribution in [0.3, 0.4) is 0 Å². The highest BCUT2D eigenvalue weighted by molar-refractivity contribution is 4.87. The van der Waals surface area contributed by atoms with Crippen LogP contribution in [0.15, 0.2) is 0 Å². The monoisotopic (exact) mass is 227 g/mol. The average molecular weight is 227 g/mol. The first-order valence-corrected chi connectivity index (χ1v) is 6.58. The lowest BCUT2D eigenvalue weighted by Gasteiger charge is -2.38. The van der Waals surface area contributed by atoms with Crippen LogP contribution in [0.2, 0.25) is 0 Å². The predicted octanol–water partition coefficient (Wildman–Crippen LogP) is 2.10. The van der Waals surface area contributed by atoms with E-state index in [1.807, 2.05) is 0 Å². The molecule has 0 aromatic rings. The molecule has 16 heavy (non-hydrogen) atoms. The van der Waals surface area contributed by atoms with E-state index in [0.717, 1.165) is 26.1 Å². The quantitative estimate of drug-likeness (QED) is 0.801. The summed E-state index contributed by atoms with van der Waals surface area (Å²) in [6, 6.07) is 1.06. The summed E-state index contributed by atoms with van der Waals surface area (Å²) in [4.78, 5) is 0. The first-order chi connectivity index (χ1) is 7.57. The number of hydrogen-bond donors (Lipinski definition) is 1. The van der Waals surface area contributed by atoms with Crippen molar-refractivity contribution in [3.63, 3.8) is 0 Å². The molecule has 0 aromatic carbocycles. The van der Waals surface area contributed by atoms with E-state index >= 15 is 0 Å². The molecule has 3 heteroatoms. The van der Waals surface area contributed by atoms with E-state index < -0.39 is 0 Å². The van der Waals surface area contributed by atoms with E-state index in [4.69, 9.17) is 9.47 Å². The van der Waals surface area contributed by atoms with Crippen molar-refractivity contribution in [2.75, 3.05) is 13.2 Å². The highest BCUT2D eigenvalue weighted by atomic mass is 16.5. The highest BCUT2D eigenvalue weighted by Gasteiger charge is 2.31. The molecular formula is C13H25NO2. The summed E-state index contributed by atoms with van der Waals surface area (Å²) in [5.74, 6) is 0. The molecule has 2 rings (SSSR count). The minimum atomic E-state index is 0.0339. The zero-order valence-electron chi connectivity index (χ0n) is 10.8. The van der Waals surface area contributed by atoms with Gasteiger partial charge in [-0.1, -0.05) is 0 Å². The smallest absolute Gasteiger partial charge is 0.0726 e. The molecule has 2 heterocycles. The first kappa shape index (κ1) is 12.3. The summed E-state index contributed by atoms with van der Waals surface area (Å²) in [5, 5.41) is 3.71. The zero-order valence-corrected chi connectivity index (χ0v) is 10.8.